The van der Waals surface area contributed by atoms with E-state index < -0.39 is 5.97 Å². The van der Waals surface area contributed by atoms with Gasteiger partial charge in [-0.1, -0.05) is 38.3 Å². The number of rotatable bonds is 15. The summed E-state index contributed by atoms with van der Waals surface area (Å²) in [6, 6.07) is 0. The summed E-state index contributed by atoms with van der Waals surface area (Å²) < 4.78 is 6.07. The lowest BCUT2D eigenvalue weighted by Gasteiger charge is -2.27. The number of ether oxygens (including phenoxy) is 1. The maximum atomic E-state index is 12.2. The third-order valence-electron chi connectivity index (χ3n) is 6.17. The van der Waals surface area contributed by atoms with Crippen molar-refractivity contribution >= 4 is 17.8 Å². The SMILES string of the molecule is CCCCCCC(=O)NCC(=O)NC[C@@H]1[C@H](C/C=C\CCCC(=O)O)[C@@H]2CC[C@H]1O2. The third kappa shape index (κ3) is 8.46. The second-order valence-electron chi connectivity index (χ2n) is 8.50. The minimum absolute atomic E-state index is 0.0302. The van der Waals surface area contributed by atoms with Crippen LogP contribution in [0.4, 0.5) is 0 Å². The Labute approximate surface area is 180 Å². The van der Waals surface area contributed by atoms with Gasteiger partial charge in [-0.2, -0.15) is 0 Å². The summed E-state index contributed by atoms with van der Waals surface area (Å²) in [6.07, 6.45) is 13.9. The van der Waals surface area contributed by atoms with E-state index in [9.17, 15) is 14.4 Å². The third-order valence-corrected chi connectivity index (χ3v) is 6.17. The number of carboxylic acids is 1. The highest BCUT2D eigenvalue weighted by molar-refractivity contribution is 5.84. The molecule has 2 aliphatic heterocycles. The van der Waals surface area contributed by atoms with Crippen LogP contribution in [0.3, 0.4) is 0 Å². The molecule has 2 bridgehead atoms. The number of carboxylic acid groups (broad SMARTS) is 1. The lowest BCUT2D eigenvalue weighted by molar-refractivity contribution is -0.137. The van der Waals surface area contributed by atoms with Gasteiger partial charge in [-0.3, -0.25) is 14.4 Å². The first kappa shape index (κ1) is 24.4. The van der Waals surface area contributed by atoms with Crippen LogP contribution in [0.25, 0.3) is 0 Å². The maximum absolute atomic E-state index is 12.2. The zero-order chi connectivity index (χ0) is 21.8. The Morgan fingerprint density at radius 3 is 2.43 bits per heavy atom. The highest BCUT2D eigenvalue weighted by atomic mass is 16.5. The number of hydrogen-bond donors (Lipinski definition) is 3. The summed E-state index contributed by atoms with van der Waals surface area (Å²) in [5.74, 6) is -0.291. The average Bonchev–Trinajstić information content (AvgIpc) is 3.32. The van der Waals surface area contributed by atoms with Crippen molar-refractivity contribution in [3.63, 3.8) is 0 Å². The van der Waals surface area contributed by atoms with Crippen molar-refractivity contribution in [2.75, 3.05) is 13.1 Å². The summed E-state index contributed by atoms with van der Waals surface area (Å²) in [4.78, 5) is 34.5. The van der Waals surface area contributed by atoms with Crippen LogP contribution in [0.2, 0.25) is 0 Å². The molecule has 0 aromatic carbocycles. The number of carbonyl (C=O) groups is 3. The summed E-state index contributed by atoms with van der Waals surface area (Å²) >= 11 is 0. The molecule has 2 fully saturated rings. The van der Waals surface area contributed by atoms with E-state index in [2.05, 4.69) is 29.7 Å². The lowest BCUT2D eigenvalue weighted by Crippen LogP contribution is -2.42. The second-order valence-corrected chi connectivity index (χ2v) is 8.50. The predicted molar refractivity (Wildman–Crippen MR) is 115 cm³/mol. The van der Waals surface area contributed by atoms with Crippen LogP contribution in [-0.2, 0) is 19.1 Å². The molecular weight excluding hydrogens is 384 g/mol. The fourth-order valence-electron chi connectivity index (χ4n) is 4.50. The molecule has 2 amide bonds. The molecule has 7 nitrogen and oxygen atoms in total. The molecule has 2 aliphatic rings. The lowest BCUT2D eigenvalue weighted by atomic mass is 9.77. The first-order chi connectivity index (χ1) is 14.5. The number of carbonyl (C=O) groups excluding carboxylic acids is 2. The first-order valence-corrected chi connectivity index (χ1v) is 11.6. The average molecular weight is 423 g/mol. The Kier molecular flexibility index (Phi) is 10.9. The molecule has 0 aromatic rings. The van der Waals surface area contributed by atoms with Crippen molar-refractivity contribution in [3.8, 4) is 0 Å². The zero-order valence-electron chi connectivity index (χ0n) is 18.2. The molecule has 3 N–H and O–H groups in total. The molecule has 0 saturated carbocycles. The van der Waals surface area contributed by atoms with Gasteiger partial charge in [0.25, 0.3) is 0 Å². The smallest absolute Gasteiger partial charge is 0.303 e. The molecule has 4 atom stereocenters. The molecule has 7 heteroatoms. The highest BCUT2D eigenvalue weighted by Gasteiger charge is 2.47. The highest BCUT2D eigenvalue weighted by Crippen LogP contribution is 2.44. The number of unbranched alkanes of at least 4 members (excludes halogenated alkanes) is 4. The monoisotopic (exact) mass is 422 g/mol. The van der Waals surface area contributed by atoms with Crippen LogP contribution in [0, 0.1) is 11.8 Å². The van der Waals surface area contributed by atoms with Crippen LogP contribution in [0.5, 0.6) is 0 Å². The van der Waals surface area contributed by atoms with Crippen LogP contribution >= 0.6 is 0 Å². The molecule has 0 aliphatic carbocycles. The van der Waals surface area contributed by atoms with Gasteiger partial charge in [-0.15, -0.1) is 0 Å². The van der Waals surface area contributed by atoms with E-state index in [0.29, 0.717) is 31.2 Å². The molecule has 0 radical (unpaired) electrons. The Morgan fingerprint density at radius 1 is 0.933 bits per heavy atom. The largest absolute Gasteiger partial charge is 0.481 e. The van der Waals surface area contributed by atoms with Gasteiger partial charge in [0, 0.05) is 25.3 Å². The molecule has 170 valence electrons. The van der Waals surface area contributed by atoms with Crippen LogP contribution in [0.15, 0.2) is 12.2 Å². The molecule has 0 unspecified atom stereocenters. The van der Waals surface area contributed by atoms with E-state index in [1.807, 2.05) is 0 Å². The van der Waals surface area contributed by atoms with Crippen molar-refractivity contribution in [3.05, 3.63) is 12.2 Å². The normalized spacial score (nSPS) is 25.0. The van der Waals surface area contributed by atoms with Gasteiger partial charge in [-0.05, 0) is 44.4 Å². The number of allylic oxidation sites excluding steroid dienone is 2. The zero-order valence-corrected chi connectivity index (χ0v) is 18.2. The fraction of sp³-hybridized carbons (Fsp3) is 0.783. The number of aliphatic carboxylic acids is 1. The van der Waals surface area contributed by atoms with Gasteiger partial charge in [0.2, 0.25) is 11.8 Å². The summed E-state index contributed by atoms with van der Waals surface area (Å²) in [5, 5.41) is 14.4. The minimum Gasteiger partial charge on any atom is -0.481 e. The van der Waals surface area contributed by atoms with E-state index >= 15 is 0 Å². The van der Waals surface area contributed by atoms with Crippen molar-refractivity contribution < 1.29 is 24.2 Å². The van der Waals surface area contributed by atoms with Gasteiger partial charge < -0.3 is 20.5 Å². The Bertz CT molecular complexity index is 592. The van der Waals surface area contributed by atoms with Crippen molar-refractivity contribution in [1.82, 2.24) is 10.6 Å². The molecule has 0 aromatic heterocycles. The van der Waals surface area contributed by atoms with E-state index in [1.165, 1.54) is 0 Å². The summed E-state index contributed by atoms with van der Waals surface area (Å²) in [5.41, 5.74) is 0. The van der Waals surface area contributed by atoms with Gasteiger partial charge in [-0.25, -0.2) is 0 Å². The Balaban J connectivity index is 1.66. The van der Waals surface area contributed by atoms with Crippen molar-refractivity contribution in [1.29, 1.82) is 0 Å². The number of hydrogen-bond acceptors (Lipinski definition) is 4. The second kappa shape index (κ2) is 13.4. The quantitative estimate of drug-likeness (QED) is 0.278. The predicted octanol–water partition coefficient (Wildman–Crippen LogP) is 3.18. The van der Waals surface area contributed by atoms with Crippen LogP contribution in [-0.4, -0.2) is 48.2 Å². The van der Waals surface area contributed by atoms with E-state index in [1.54, 1.807) is 0 Å². The maximum Gasteiger partial charge on any atom is 0.303 e. The molecule has 2 saturated heterocycles. The first-order valence-electron chi connectivity index (χ1n) is 11.6. The van der Waals surface area contributed by atoms with Gasteiger partial charge in [0.15, 0.2) is 0 Å². The minimum atomic E-state index is -0.756. The number of amides is 2. The molecule has 0 spiro atoms. The topological polar surface area (TPSA) is 105 Å². The van der Waals surface area contributed by atoms with E-state index in [0.717, 1.165) is 51.4 Å². The summed E-state index contributed by atoms with van der Waals surface area (Å²) in [7, 11) is 0. The van der Waals surface area contributed by atoms with Gasteiger partial charge in [0.1, 0.15) is 0 Å². The number of nitrogens with one attached hydrogen (secondary N) is 2. The number of fused-ring (bicyclic) bond motifs is 2. The van der Waals surface area contributed by atoms with E-state index in [-0.39, 0.29) is 37.0 Å². The van der Waals surface area contributed by atoms with Crippen molar-refractivity contribution in [2.24, 2.45) is 11.8 Å². The Morgan fingerprint density at radius 2 is 1.70 bits per heavy atom. The van der Waals surface area contributed by atoms with Crippen LogP contribution in [0.1, 0.15) is 77.6 Å². The van der Waals surface area contributed by atoms with Gasteiger partial charge >= 0.3 is 5.97 Å². The van der Waals surface area contributed by atoms with Crippen molar-refractivity contribution in [2.45, 2.75) is 89.8 Å². The molecular formula is C23H38N2O5. The Hall–Kier alpha value is -1.89. The summed E-state index contributed by atoms with van der Waals surface area (Å²) in [6.45, 7) is 2.74. The molecule has 2 heterocycles. The standard InChI is InChI=1S/C23H38N2O5/c1-2-3-4-8-11-21(26)25-16-22(27)24-15-18-17(19-13-14-20(18)30-19)10-7-5-6-9-12-23(28)29/h5,7,17-20H,2-4,6,8-16H2,1H3,(H,24,27)(H,25,26)(H,28,29)/b7-5-/t17-,18+,19-,20+/m0/s1. The molecule has 30 heavy (non-hydrogen) atoms. The molecule has 2 rings (SSSR count). The van der Waals surface area contributed by atoms with E-state index in [4.69, 9.17) is 9.84 Å². The van der Waals surface area contributed by atoms with Gasteiger partial charge in [0.05, 0.1) is 18.8 Å². The van der Waals surface area contributed by atoms with Crippen LogP contribution < -0.4 is 10.6 Å². The fourth-order valence-corrected chi connectivity index (χ4v) is 4.50.